The summed E-state index contributed by atoms with van der Waals surface area (Å²) in [6, 6.07) is 0.443. The Kier molecular flexibility index (Phi) is 2.04. The molecule has 0 spiro atoms. The van der Waals surface area contributed by atoms with Crippen molar-refractivity contribution >= 4 is 0 Å². The van der Waals surface area contributed by atoms with Gasteiger partial charge < -0.3 is 5.32 Å². The van der Waals surface area contributed by atoms with Gasteiger partial charge in [0.25, 0.3) is 0 Å². The van der Waals surface area contributed by atoms with Gasteiger partial charge in [0, 0.05) is 6.20 Å². The first-order valence-corrected chi connectivity index (χ1v) is 4.38. The van der Waals surface area contributed by atoms with Crippen LogP contribution in [0.25, 0.3) is 0 Å². The fourth-order valence-corrected chi connectivity index (χ4v) is 1.52. The highest BCUT2D eigenvalue weighted by Crippen LogP contribution is 2.19. The van der Waals surface area contributed by atoms with Crippen molar-refractivity contribution in [2.45, 2.75) is 25.8 Å². The molecule has 2 heterocycles. The number of rotatable bonds is 1. The van der Waals surface area contributed by atoms with Gasteiger partial charge in [-0.2, -0.15) is 0 Å². The Bertz CT molecular complexity index is 249. The van der Waals surface area contributed by atoms with Crippen molar-refractivity contribution in [2.24, 2.45) is 0 Å². The van der Waals surface area contributed by atoms with Gasteiger partial charge in [0.2, 0.25) is 0 Å². The van der Waals surface area contributed by atoms with E-state index in [2.05, 4.69) is 15.3 Å². The molecule has 2 rings (SSSR count). The van der Waals surface area contributed by atoms with E-state index in [4.69, 9.17) is 0 Å². The van der Waals surface area contributed by atoms with Gasteiger partial charge in [0.05, 0.1) is 23.6 Å². The van der Waals surface area contributed by atoms with Crippen molar-refractivity contribution in [2.75, 3.05) is 6.54 Å². The van der Waals surface area contributed by atoms with E-state index >= 15 is 0 Å². The maximum atomic E-state index is 4.34. The van der Waals surface area contributed by atoms with Crippen molar-refractivity contribution < 1.29 is 0 Å². The van der Waals surface area contributed by atoms with Crippen LogP contribution in [0, 0.1) is 6.92 Å². The van der Waals surface area contributed by atoms with Crippen LogP contribution in [0.1, 0.15) is 30.3 Å². The average molecular weight is 163 g/mol. The Hall–Kier alpha value is -0.960. The van der Waals surface area contributed by atoms with Crippen LogP contribution in [0.15, 0.2) is 12.4 Å². The number of hydrogen-bond acceptors (Lipinski definition) is 3. The maximum Gasteiger partial charge on any atom is 0.0756 e. The quantitative estimate of drug-likeness (QED) is 0.676. The molecule has 1 N–H and O–H groups in total. The summed E-state index contributed by atoms with van der Waals surface area (Å²) in [6.07, 6.45) is 6.14. The minimum atomic E-state index is 0.443. The first-order valence-electron chi connectivity index (χ1n) is 4.38. The predicted molar refractivity (Wildman–Crippen MR) is 46.7 cm³/mol. The van der Waals surface area contributed by atoms with Crippen LogP contribution >= 0.6 is 0 Å². The molecule has 3 nitrogen and oxygen atoms in total. The van der Waals surface area contributed by atoms with E-state index in [1.807, 2.05) is 19.3 Å². The second kappa shape index (κ2) is 3.19. The molecule has 0 saturated carbocycles. The molecule has 1 aromatic rings. The van der Waals surface area contributed by atoms with Gasteiger partial charge in [-0.05, 0) is 26.3 Å². The van der Waals surface area contributed by atoms with E-state index in [9.17, 15) is 0 Å². The molecule has 1 aliphatic rings. The Labute approximate surface area is 72.2 Å². The lowest BCUT2D eigenvalue weighted by Crippen LogP contribution is -2.14. The molecule has 1 saturated heterocycles. The fourth-order valence-electron chi connectivity index (χ4n) is 1.52. The molecule has 12 heavy (non-hydrogen) atoms. The molecule has 1 unspecified atom stereocenters. The van der Waals surface area contributed by atoms with Crippen LogP contribution in [0.2, 0.25) is 0 Å². The van der Waals surface area contributed by atoms with Gasteiger partial charge in [-0.15, -0.1) is 0 Å². The highest BCUT2D eigenvalue weighted by atomic mass is 15.0. The van der Waals surface area contributed by atoms with Gasteiger partial charge >= 0.3 is 0 Å². The summed E-state index contributed by atoms with van der Waals surface area (Å²) in [4.78, 5) is 8.56. The molecular weight excluding hydrogens is 150 g/mol. The van der Waals surface area contributed by atoms with Crippen LogP contribution in [-0.2, 0) is 0 Å². The van der Waals surface area contributed by atoms with Crippen LogP contribution in [0.5, 0.6) is 0 Å². The number of aromatic nitrogens is 2. The van der Waals surface area contributed by atoms with E-state index in [0.29, 0.717) is 6.04 Å². The second-order valence-electron chi connectivity index (χ2n) is 3.23. The van der Waals surface area contributed by atoms with Gasteiger partial charge in [-0.1, -0.05) is 0 Å². The molecule has 0 bridgehead atoms. The van der Waals surface area contributed by atoms with E-state index < -0.39 is 0 Å². The molecule has 1 atom stereocenters. The fraction of sp³-hybridized carbons (Fsp3) is 0.556. The molecule has 1 aliphatic heterocycles. The molecular formula is C9H13N3. The standard InChI is InChI=1S/C9H13N3/c1-7-5-12-9(6-11-7)8-3-2-4-10-8/h5-6,8,10H,2-4H2,1H3. The normalized spacial score (nSPS) is 22.9. The second-order valence-corrected chi connectivity index (χ2v) is 3.23. The van der Waals surface area contributed by atoms with Crippen molar-refractivity contribution in [1.82, 2.24) is 15.3 Å². The minimum Gasteiger partial charge on any atom is -0.309 e. The first-order chi connectivity index (χ1) is 5.86. The van der Waals surface area contributed by atoms with Crippen molar-refractivity contribution in [1.29, 1.82) is 0 Å². The molecule has 0 amide bonds. The number of aryl methyl sites for hydroxylation is 1. The Morgan fingerprint density at radius 3 is 2.92 bits per heavy atom. The Morgan fingerprint density at radius 2 is 2.33 bits per heavy atom. The number of nitrogens with zero attached hydrogens (tertiary/aromatic N) is 2. The van der Waals surface area contributed by atoms with E-state index in [1.54, 1.807) is 0 Å². The molecule has 1 aromatic heterocycles. The lowest BCUT2D eigenvalue weighted by Gasteiger charge is -2.07. The van der Waals surface area contributed by atoms with E-state index in [-0.39, 0.29) is 0 Å². The molecule has 0 radical (unpaired) electrons. The zero-order chi connectivity index (χ0) is 8.39. The van der Waals surface area contributed by atoms with Crippen LogP contribution in [0.4, 0.5) is 0 Å². The summed E-state index contributed by atoms with van der Waals surface area (Å²) in [5.74, 6) is 0. The summed E-state index contributed by atoms with van der Waals surface area (Å²) in [5.41, 5.74) is 2.06. The zero-order valence-electron chi connectivity index (χ0n) is 7.25. The third kappa shape index (κ3) is 1.46. The van der Waals surface area contributed by atoms with Gasteiger partial charge in [0.1, 0.15) is 0 Å². The van der Waals surface area contributed by atoms with Crippen LogP contribution < -0.4 is 5.32 Å². The molecule has 1 fully saturated rings. The van der Waals surface area contributed by atoms with Crippen molar-refractivity contribution in [3.05, 3.63) is 23.8 Å². The average Bonchev–Trinajstić information content (AvgIpc) is 2.58. The topological polar surface area (TPSA) is 37.8 Å². The SMILES string of the molecule is Cc1cnc(C2CCCN2)cn1. The highest BCUT2D eigenvalue weighted by Gasteiger charge is 2.16. The third-order valence-corrected chi connectivity index (χ3v) is 2.22. The Morgan fingerprint density at radius 1 is 1.42 bits per heavy atom. The van der Waals surface area contributed by atoms with Gasteiger partial charge in [0.15, 0.2) is 0 Å². The van der Waals surface area contributed by atoms with E-state index in [0.717, 1.165) is 17.9 Å². The minimum absolute atomic E-state index is 0.443. The predicted octanol–water partition coefficient (Wildman–Crippen LogP) is 1.21. The van der Waals surface area contributed by atoms with E-state index in [1.165, 1.54) is 12.8 Å². The highest BCUT2D eigenvalue weighted by molar-refractivity contribution is 5.06. The summed E-state index contributed by atoms with van der Waals surface area (Å²) in [7, 11) is 0. The monoisotopic (exact) mass is 163 g/mol. The van der Waals surface area contributed by atoms with Crippen LogP contribution in [-0.4, -0.2) is 16.5 Å². The third-order valence-electron chi connectivity index (χ3n) is 2.22. The molecule has 64 valence electrons. The largest absolute Gasteiger partial charge is 0.309 e. The lowest BCUT2D eigenvalue weighted by molar-refractivity contribution is 0.623. The smallest absolute Gasteiger partial charge is 0.0756 e. The summed E-state index contributed by atoms with van der Waals surface area (Å²) < 4.78 is 0. The molecule has 0 aliphatic carbocycles. The van der Waals surface area contributed by atoms with Gasteiger partial charge in [-0.3, -0.25) is 9.97 Å². The zero-order valence-corrected chi connectivity index (χ0v) is 7.25. The van der Waals surface area contributed by atoms with Gasteiger partial charge in [-0.25, -0.2) is 0 Å². The molecule has 3 heteroatoms. The Balaban J connectivity index is 2.17. The first kappa shape index (κ1) is 7.68. The lowest BCUT2D eigenvalue weighted by atomic mass is 10.2. The molecule has 0 aromatic carbocycles. The number of nitrogens with one attached hydrogen (secondary N) is 1. The van der Waals surface area contributed by atoms with Crippen LogP contribution in [0.3, 0.4) is 0 Å². The summed E-state index contributed by atoms with van der Waals surface area (Å²) in [6.45, 7) is 3.07. The van der Waals surface area contributed by atoms with Crippen molar-refractivity contribution in [3.8, 4) is 0 Å². The summed E-state index contributed by atoms with van der Waals surface area (Å²) >= 11 is 0. The summed E-state index contributed by atoms with van der Waals surface area (Å²) in [5, 5.41) is 3.39. The maximum absolute atomic E-state index is 4.34. The number of hydrogen-bond donors (Lipinski definition) is 1. The van der Waals surface area contributed by atoms with Crippen molar-refractivity contribution in [3.63, 3.8) is 0 Å².